The van der Waals surface area contributed by atoms with E-state index in [9.17, 15) is 9.59 Å². The van der Waals surface area contributed by atoms with Crippen LogP contribution in [0.2, 0.25) is 0 Å². The molecule has 0 bridgehead atoms. The Labute approximate surface area is 131 Å². The van der Waals surface area contributed by atoms with Crippen molar-refractivity contribution in [3.63, 3.8) is 0 Å². The van der Waals surface area contributed by atoms with Crippen molar-refractivity contribution < 1.29 is 14.3 Å². The van der Waals surface area contributed by atoms with Gasteiger partial charge in [0.15, 0.2) is 0 Å². The Kier molecular flexibility index (Phi) is 5.40. The number of benzene rings is 1. The normalized spacial score (nSPS) is 12.7. The molecule has 0 aliphatic carbocycles. The van der Waals surface area contributed by atoms with E-state index in [-0.39, 0.29) is 5.91 Å². The largest absolute Gasteiger partial charge is 0.467 e. The van der Waals surface area contributed by atoms with Crippen LogP contribution in [0.25, 0.3) is 0 Å². The first-order valence-electron chi connectivity index (χ1n) is 6.78. The van der Waals surface area contributed by atoms with E-state index < -0.39 is 16.9 Å². The van der Waals surface area contributed by atoms with Gasteiger partial charge in [-0.25, -0.2) is 4.79 Å². The van der Waals surface area contributed by atoms with Crippen LogP contribution < -0.4 is 4.90 Å². The van der Waals surface area contributed by atoms with Crippen LogP contribution in [0.1, 0.15) is 31.9 Å². The molecule has 1 aromatic carbocycles. The molecule has 1 rings (SSSR count). The highest BCUT2D eigenvalue weighted by Crippen LogP contribution is 2.30. The summed E-state index contributed by atoms with van der Waals surface area (Å²) in [6.07, 6.45) is 0. The van der Waals surface area contributed by atoms with Crippen LogP contribution in [0.4, 0.5) is 5.69 Å². The summed E-state index contributed by atoms with van der Waals surface area (Å²) in [5.74, 6) is -0.814. The predicted molar refractivity (Wildman–Crippen MR) is 84.8 cm³/mol. The van der Waals surface area contributed by atoms with E-state index in [0.29, 0.717) is 5.69 Å². The third kappa shape index (κ3) is 3.76. The second-order valence-electron chi connectivity index (χ2n) is 5.59. The Morgan fingerprint density at radius 1 is 1.24 bits per heavy atom. The number of halogens is 1. The summed E-state index contributed by atoms with van der Waals surface area (Å²) >= 11 is 6.18. The third-order valence-corrected chi connectivity index (χ3v) is 3.50. The number of rotatable bonds is 4. The molecule has 0 aliphatic heterocycles. The lowest BCUT2D eigenvalue weighted by atomic mass is 10.0. The zero-order valence-electron chi connectivity index (χ0n) is 13.4. The van der Waals surface area contributed by atoms with Gasteiger partial charge < -0.3 is 4.74 Å². The van der Waals surface area contributed by atoms with Gasteiger partial charge in [-0.15, -0.1) is 11.6 Å². The summed E-state index contributed by atoms with van der Waals surface area (Å²) in [5.41, 5.74) is 2.51. The summed E-state index contributed by atoms with van der Waals surface area (Å²) in [6, 6.07) is 4.95. The van der Waals surface area contributed by atoms with E-state index in [1.807, 2.05) is 32.0 Å². The number of hydrogen-bond acceptors (Lipinski definition) is 3. The topological polar surface area (TPSA) is 46.6 Å². The van der Waals surface area contributed by atoms with E-state index in [4.69, 9.17) is 16.3 Å². The second kappa shape index (κ2) is 6.48. The van der Waals surface area contributed by atoms with Crippen LogP contribution in [0, 0.1) is 13.8 Å². The van der Waals surface area contributed by atoms with Crippen molar-refractivity contribution in [2.45, 2.75) is 45.5 Å². The molecule has 0 saturated carbocycles. The standard InChI is InChI=1S/C16H22ClNO3/c1-10-8-7-9-11(2)13(10)18(12(3)14(19)21-6)15(20)16(4,5)17/h7-9,12H,1-6H3. The number of hydrogen-bond donors (Lipinski definition) is 0. The molecule has 1 unspecified atom stereocenters. The first-order valence-corrected chi connectivity index (χ1v) is 7.15. The molecular weight excluding hydrogens is 290 g/mol. The van der Waals surface area contributed by atoms with Crippen molar-refractivity contribution in [2.75, 3.05) is 12.0 Å². The number of aryl methyl sites for hydroxylation is 2. The quantitative estimate of drug-likeness (QED) is 0.633. The average Bonchev–Trinajstić information content (AvgIpc) is 2.39. The summed E-state index contributed by atoms with van der Waals surface area (Å²) in [5, 5.41) is 0. The Balaban J connectivity index is 3.46. The van der Waals surface area contributed by atoms with Crippen LogP contribution in [0.3, 0.4) is 0 Å². The smallest absolute Gasteiger partial charge is 0.328 e. The highest BCUT2D eigenvalue weighted by Gasteiger charge is 2.37. The van der Waals surface area contributed by atoms with Crippen LogP contribution in [0.15, 0.2) is 18.2 Å². The third-order valence-electron chi connectivity index (χ3n) is 3.34. The molecule has 0 aromatic heterocycles. The van der Waals surface area contributed by atoms with Gasteiger partial charge in [-0.05, 0) is 45.7 Å². The number of para-hydroxylation sites is 1. The Bertz CT molecular complexity index is 529. The minimum Gasteiger partial charge on any atom is -0.467 e. The van der Waals surface area contributed by atoms with Gasteiger partial charge in [-0.2, -0.15) is 0 Å². The number of alkyl halides is 1. The highest BCUT2D eigenvalue weighted by atomic mass is 35.5. The maximum atomic E-state index is 12.7. The lowest BCUT2D eigenvalue weighted by molar-refractivity contribution is -0.143. The van der Waals surface area contributed by atoms with Gasteiger partial charge in [0, 0.05) is 0 Å². The molecule has 0 fully saturated rings. The molecule has 0 saturated heterocycles. The molecule has 4 nitrogen and oxygen atoms in total. The summed E-state index contributed by atoms with van der Waals surface area (Å²) < 4.78 is 4.78. The van der Waals surface area contributed by atoms with Gasteiger partial charge in [0.05, 0.1) is 12.8 Å². The number of nitrogens with zero attached hydrogens (tertiary/aromatic N) is 1. The molecule has 1 atom stereocenters. The number of anilines is 1. The number of ether oxygens (including phenoxy) is 1. The minimum absolute atomic E-state index is 0.334. The summed E-state index contributed by atoms with van der Waals surface area (Å²) in [4.78, 5) is 25.0. The number of carbonyl (C=O) groups excluding carboxylic acids is 2. The van der Waals surface area contributed by atoms with Gasteiger partial charge in [0.1, 0.15) is 10.9 Å². The highest BCUT2D eigenvalue weighted by molar-refractivity contribution is 6.36. The lowest BCUT2D eigenvalue weighted by Crippen LogP contribution is -2.50. The fourth-order valence-corrected chi connectivity index (χ4v) is 2.31. The van der Waals surface area contributed by atoms with E-state index in [1.165, 1.54) is 12.0 Å². The van der Waals surface area contributed by atoms with Gasteiger partial charge in [-0.3, -0.25) is 9.69 Å². The zero-order valence-corrected chi connectivity index (χ0v) is 14.1. The van der Waals surface area contributed by atoms with Gasteiger partial charge in [0.2, 0.25) is 5.91 Å². The average molecular weight is 312 g/mol. The number of amides is 1. The second-order valence-corrected chi connectivity index (χ2v) is 6.53. The molecule has 1 aromatic rings. The number of carbonyl (C=O) groups is 2. The van der Waals surface area contributed by atoms with E-state index >= 15 is 0 Å². The fourth-order valence-electron chi connectivity index (χ4n) is 2.22. The zero-order chi connectivity index (χ0) is 16.4. The van der Waals surface area contributed by atoms with Crippen LogP contribution >= 0.6 is 11.6 Å². The first kappa shape index (κ1) is 17.5. The van der Waals surface area contributed by atoms with E-state index in [1.54, 1.807) is 20.8 Å². The van der Waals surface area contributed by atoms with Crippen molar-refractivity contribution >= 4 is 29.2 Å². The summed E-state index contributed by atoms with van der Waals surface area (Å²) in [7, 11) is 1.30. The van der Waals surface area contributed by atoms with Gasteiger partial charge in [-0.1, -0.05) is 18.2 Å². The minimum atomic E-state index is -1.11. The Hall–Kier alpha value is -1.55. The number of methoxy groups -OCH3 is 1. The van der Waals surface area contributed by atoms with Gasteiger partial charge in [0.25, 0.3) is 0 Å². The molecule has 0 aliphatic rings. The molecule has 5 heteroatoms. The van der Waals surface area contributed by atoms with E-state index in [2.05, 4.69) is 0 Å². The first-order chi connectivity index (χ1) is 9.61. The fraction of sp³-hybridized carbons (Fsp3) is 0.500. The van der Waals surface area contributed by atoms with Crippen LogP contribution in [0.5, 0.6) is 0 Å². The molecule has 0 heterocycles. The molecular formula is C16H22ClNO3. The predicted octanol–water partition coefficient (Wildman–Crippen LogP) is 3.22. The Morgan fingerprint density at radius 3 is 2.10 bits per heavy atom. The molecule has 21 heavy (non-hydrogen) atoms. The monoisotopic (exact) mass is 311 g/mol. The molecule has 0 N–H and O–H groups in total. The number of esters is 1. The molecule has 1 amide bonds. The van der Waals surface area contributed by atoms with Crippen LogP contribution in [-0.2, 0) is 14.3 Å². The van der Waals surface area contributed by atoms with Crippen molar-refractivity contribution in [1.29, 1.82) is 0 Å². The van der Waals surface area contributed by atoms with Crippen molar-refractivity contribution in [3.05, 3.63) is 29.3 Å². The van der Waals surface area contributed by atoms with Crippen LogP contribution in [-0.4, -0.2) is 29.9 Å². The summed E-state index contributed by atoms with van der Waals surface area (Å²) in [6.45, 7) is 8.66. The molecule has 0 spiro atoms. The maximum absolute atomic E-state index is 12.7. The molecule has 0 radical (unpaired) electrons. The SMILES string of the molecule is COC(=O)C(C)N(C(=O)C(C)(C)Cl)c1c(C)cccc1C. The van der Waals surface area contributed by atoms with Crippen molar-refractivity contribution in [2.24, 2.45) is 0 Å². The maximum Gasteiger partial charge on any atom is 0.328 e. The van der Waals surface area contributed by atoms with Crippen molar-refractivity contribution in [3.8, 4) is 0 Å². The van der Waals surface area contributed by atoms with E-state index in [0.717, 1.165) is 11.1 Å². The van der Waals surface area contributed by atoms with Gasteiger partial charge >= 0.3 is 5.97 Å². The van der Waals surface area contributed by atoms with Crippen molar-refractivity contribution in [1.82, 2.24) is 0 Å². The lowest BCUT2D eigenvalue weighted by Gasteiger charge is -2.34. The molecule has 116 valence electrons. The Morgan fingerprint density at radius 2 is 1.71 bits per heavy atom.